The van der Waals surface area contributed by atoms with Crippen molar-refractivity contribution in [3.05, 3.63) is 71.3 Å². The zero-order valence-corrected chi connectivity index (χ0v) is 10.9. The van der Waals surface area contributed by atoms with Crippen LogP contribution in [0.5, 0.6) is 5.75 Å². The molecule has 0 aliphatic rings. The number of halogens is 2. The SMILES string of the molecule is O=C(O)/C=C/c1cccc(OCc2cc(F)ccc2F)c1. The highest BCUT2D eigenvalue weighted by Gasteiger charge is 2.05. The molecule has 0 radical (unpaired) electrons. The maximum atomic E-state index is 13.4. The molecule has 108 valence electrons. The summed E-state index contributed by atoms with van der Waals surface area (Å²) < 4.78 is 31.9. The Kier molecular flexibility index (Phi) is 4.66. The van der Waals surface area contributed by atoms with E-state index in [0.717, 1.165) is 24.3 Å². The van der Waals surface area contributed by atoms with Crippen molar-refractivity contribution < 1.29 is 23.4 Å². The summed E-state index contributed by atoms with van der Waals surface area (Å²) >= 11 is 0. The van der Waals surface area contributed by atoms with E-state index in [0.29, 0.717) is 11.3 Å². The van der Waals surface area contributed by atoms with Gasteiger partial charge in [0.1, 0.15) is 24.0 Å². The van der Waals surface area contributed by atoms with Crippen LogP contribution in [0.2, 0.25) is 0 Å². The van der Waals surface area contributed by atoms with Gasteiger partial charge >= 0.3 is 5.97 Å². The highest BCUT2D eigenvalue weighted by atomic mass is 19.1. The molecule has 1 N–H and O–H groups in total. The third kappa shape index (κ3) is 4.42. The van der Waals surface area contributed by atoms with Gasteiger partial charge in [0.05, 0.1) is 0 Å². The Morgan fingerprint density at radius 3 is 2.76 bits per heavy atom. The van der Waals surface area contributed by atoms with Crippen LogP contribution in [0.4, 0.5) is 8.78 Å². The van der Waals surface area contributed by atoms with E-state index in [4.69, 9.17) is 9.84 Å². The first kappa shape index (κ1) is 14.7. The molecule has 0 saturated heterocycles. The van der Waals surface area contributed by atoms with Crippen LogP contribution in [-0.2, 0) is 11.4 Å². The van der Waals surface area contributed by atoms with E-state index in [9.17, 15) is 13.6 Å². The Morgan fingerprint density at radius 1 is 1.19 bits per heavy atom. The molecule has 0 fully saturated rings. The summed E-state index contributed by atoms with van der Waals surface area (Å²) in [6.45, 7) is -0.115. The fraction of sp³-hybridized carbons (Fsp3) is 0.0625. The lowest BCUT2D eigenvalue weighted by atomic mass is 10.2. The van der Waals surface area contributed by atoms with Gasteiger partial charge in [-0.2, -0.15) is 0 Å². The summed E-state index contributed by atoms with van der Waals surface area (Å²) in [5, 5.41) is 8.56. The monoisotopic (exact) mass is 290 g/mol. The molecule has 0 atom stereocenters. The van der Waals surface area contributed by atoms with E-state index in [-0.39, 0.29) is 12.2 Å². The lowest BCUT2D eigenvalue weighted by Crippen LogP contribution is -1.99. The predicted molar refractivity (Wildman–Crippen MR) is 73.8 cm³/mol. The quantitative estimate of drug-likeness (QED) is 0.855. The average molecular weight is 290 g/mol. The second-order valence-corrected chi connectivity index (χ2v) is 4.27. The predicted octanol–water partition coefficient (Wildman–Crippen LogP) is 3.64. The van der Waals surface area contributed by atoms with E-state index in [2.05, 4.69) is 0 Å². The molecule has 0 aromatic heterocycles. The first-order valence-corrected chi connectivity index (χ1v) is 6.12. The van der Waals surface area contributed by atoms with Crippen LogP contribution in [0.15, 0.2) is 48.5 Å². The van der Waals surface area contributed by atoms with Gasteiger partial charge in [0.25, 0.3) is 0 Å². The second-order valence-electron chi connectivity index (χ2n) is 4.27. The number of hydrogen-bond donors (Lipinski definition) is 1. The van der Waals surface area contributed by atoms with Gasteiger partial charge in [-0.1, -0.05) is 12.1 Å². The van der Waals surface area contributed by atoms with Crippen molar-refractivity contribution in [2.75, 3.05) is 0 Å². The highest BCUT2D eigenvalue weighted by molar-refractivity contribution is 5.85. The average Bonchev–Trinajstić information content (AvgIpc) is 2.46. The number of benzene rings is 2. The Morgan fingerprint density at radius 2 is 2.00 bits per heavy atom. The Labute approximate surface area is 120 Å². The molecule has 2 aromatic rings. The molecule has 2 aromatic carbocycles. The molecule has 5 heteroatoms. The van der Waals surface area contributed by atoms with Crippen LogP contribution >= 0.6 is 0 Å². The number of hydrogen-bond acceptors (Lipinski definition) is 2. The van der Waals surface area contributed by atoms with Crippen LogP contribution in [0.1, 0.15) is 11.1 Å². The van der Waals surface area contributed by atoms with Gasteiger partial charge in [-0.25, -0.2) is 13.6 Å². The molecule has 3 nitrogen and oxygen atoms in total. The van der Waals surface area contributed by atoms with Gasteiger partial charge in [-0.15, -0.1) is 0 Å². The zero-order valence-electron chi connectivity index (χ0n) is 10.9. The first-order chi connectivity index (χ1) is 10.0. The van der Waals surface area contributed by atoms with Gasteiger partial charge in [-0.05, 0) is 42.0 Å². The third-order valence-electron chi connectivity index (χ3n) is 2.68. The molecule has 2 rings (SSSR count). The van der Waals surface area contributed by atoms with Crippen molar-refractivity contribution in [1.29, 1.82) is 0 Å². The van der Waals surface area contributed by atoms with Crippen LogP contribution in [0, 0.1) is 11.6 Å². The van der Waals surface area contributed by atoms with Crippen LogP contribution in [0.25, 0.3) is 6.08 Å². The summed E-state index contributed by atoms with van der Waals surface area (Å²) in [4.78, 5) is 10.4. The first-order valence-electron chi connectivity index (χ1n) is 6.12. The van der Waals surface area contributed by atoms with E-state index in [1.54, 1.807) is 24.3 Å². The fourth-order valence-electron chi connectivity index (χ4n) is 1.69. The largest absolute Gasteiger partial charge is 0.489 e. The number of rotatable bonds is 5. The van der Waals surface area contributed by atoms with Gasteiger partial charge in [0.2, 0.25) is 0 Å². The van der Waals surface area contributed by atoms with E-state index in [1.165, 1.54) is 6.08 Å². The maximum absolute atomic E-state index is 13.4. The number of carboxylic acids is 1. The van der Waals surface area contributed by atoms with Crippen molar-refractivity contribution in [1.82, 2.24) is 0 Å². The van der Waals surface area contributed by atoms with Crippen LogP contribution < -0.4 is 4.74 Å². The number of ether oxygens (including phenoxy) is 1. The smallest absolute Gasteiger partial charge is 0.328 e. The normalized spacial score (nSPS) is 10.8. The molecule has 0 aliphatic heterocycles. The van der Waals surface area contributed by atoms with Crippen molar-refractivity contribution in [3.63, 3.8) is 0 Å². The lowest BCUT2D eigenvalue weighted by Gasteiger charge is -2.08. The molecule has 0 spiro atoms. The molecule has 0 unspecified atom stereocenters. The lowest BCUT2D eigenvalue weighted by molar-refractivity contribution is -0.131. The van der Waals surface area contributed by atoms with Crippen LogP contribution in [-0.4, -0.2) is 11.1 Å². The Balaban J connectivity index is 2.08. The summed E-state index contributed by atoms with van der Waals surface area (Å²) in [7, 11) is 0. The topological polar surface area (TPSA) is 46.5 Å². The van der Waals surface area contributed by atoms with Gasteiger partial charge in [0, 0.05) is 11.6 Å². The van der Waals surface area contributed by atoms with Gasteiger partial charge in [-0.3, -0.25) is 0 Å². The Hall–Kier alpha value is -2.69. The molecular weight excluding hydrogens is 278 g/mol. The molecule has 0 bridgehead atoms. The highest BCUT2D eigenvalue weighted by Crippen LogP contribution is 2.17. The standard InChI is InChI=1S/C16H12F2O3/c17-13-5-6-15(18)12(9-13)10-21-14-3-1-2-11(8-14)4-7-16(19)20/h1-9H,10H2,(H,19,20)/b7-4+. The van der Waals surface area contributed by atoms with Crippen molar-refractivity contribution in [3.8, 4) is 5.75 Å². The van der Waals surface area contributed by atoms with Crippen LogP contribution in [0.3, 0.4) is 0 Å². The minimum absolute atomic E-state index is 0.112. The van der Waals surface area contributed by atoms with E-state index >= 15 is 0 Å². The summed E-state index contributed by atoms with van der Waals surface area (Å²) in [6.07, 6.45) is 2.42. The summed E-state index contributed by atoms with van der Waals surface area (Å²) in [5.74, 6) is -1.69. The second kappa shape index (κ2) is 6.65. The third-order valence-corrected chi connectivity index (χ3v) is 2.68. The molecule has 0 amide bonds. The fourth-order valence-corrected chi connectivity index (χ4v) is 1.69. The Bertz CT molecular complexity index is 681. The van der Waals surface area contributed by atoms with E-state index < -0.39 is 17.6 Å². The minimum Gasteiger partial charge on any atom is -0.489 e. The maximum Gasteiger partial charge on any atom is 0.328 e. The van der Waals surface area contributed by atoms with Gasteiger partial charge < -0.3 is 9.84 Å². The molecule has 21 heavy (non-hydrogen) atoms. The number of aliphatic carboxylic acids is 1. The van der Waals surface area contributed by atoms with Gasteiger partial charge in [0.15, 0.2) is 0 Å². The molecule has 0 saturated carbocycles. The molecule has 0 aliphatic carbocycles. The summed E-state index contributed by atoms with van der Waals surface area (Å²) in [6, 6.07) is 9.79. The van der Waals surface area contributed by atoms with Crippen molar-refractivity contribution in [2.24, 2.45) is 0 Å². The van der Waals surface area contributed by atoms with Crippen molar-refractivity contribution >= 4 is 12.0 Å². The number of carbonyl (C=O) groups is 1. The zero-order chi connectivity index (χ0) is 15.2. The van der Waals surface area contributed by atoms with E-state index in [1.807, 2.05) is 0 Å². The van der Waals surface area contributed by atoms with Crippen molar-refractivity contribution in [2.45, 2.75) is 6.61 Å². The molecule has 0 heterocycles. The summed E-state index contributed by atoms with van der Waals surface area (Å²) in [5.41, 5.74) is 0.746. The number of carboxylic acid groups (broad SMARTS) is 1. The minimum atomic E-state index is -1.05. The molecular formula is C16H12F2O3.